The first kappa shape index (κ1) is 23.4. The Morgan fingerprint density at radius 3 is 2.89 bits per heavy atom. The Morgan fingerprint density at radius 1 is 1.25 bits per heavy atom. The average molecular weight is 506 g/mol. The lowest BCUT2D eigenvalue weighted by atomic mass is 9.86. The lowest BCUT2D eigenvalue weighted by Crippen LogP contribution is -2.50. The number of fused-ring (bicyclic) bond motifs is 4. The van der Waals surface area contributed by atoms with Crippen molar-refractivity contribution in [3.63, 3.8) is 0 Å². The summed E-state index contributed by atoms with van der Waals surface area (Å²) >= 11 is 1.69. The van der Waals surface area contributed by atoms with E-state index < -0.39 is 0 Å². The standard InChI is InChI=1S/C27H31N5O3S/c1-4-34-22-8-19-11-28-10-18(19)7-21(22)31-25-24-20-6-5-17(9-23(20)36-26(24)30-14-29-25)27(33)32-12-15(2)35-16(3)13-32/h7-8,10,14-17H,4-6,9,11-13H2,1-3H3,(H,29,30,31)/t15-,16+,17-/m0/s1. The third-order valence-corrected chi connectivity index (χ3v) is 8.37. The second-order valence-electron chi connectivity index (χ2n) is 9.92. The van der Waals surface area contributed by atoms with Crippen LogP contribution in [0.2, 0.25) is 0 Å². The molecule has 1 amide bonds. The van der Waals surface area contributed by atoms with Gasteiger partial charge in [0.2, 0.25) is 5.91 Å². The highest BCUT2D eigenvalue weighted by Gasteiger charge is 2.34. The predicted molar refractivity (Wildman–Crippen MR) is 142 cm³/mol. The fourth-order valence-electron chi connectivity index (χ4n) is 5.67. The van der Waals surface area contributed by atoms with Crippen LogP contribution >= 0.6 is 11.3 Å². The highest BCUT2D eigenvalue weighted by atomic mass is 32.1. The predicted octanol–water partition coefficient (Wildman–Crippen LogP) is 4.51. The van der Waals surface area contributed by atoms with Crippen LogP contribution in [-0.4, -0.2) is 58.9 Å². The molecule has 2 aromatic heterocycles. The van der Waals surface area contributed by atoms with Gasteiger partial charge in [0.1, 0.15) is 22.7 Å². The number of benzene rings is 1. The van der Waals surface area contributed by atoms with Crippen LogP contribution in [0.15, 0.2) is 23.5 Å². The normalized spacial score (nSPS) is 23.0. The van der Waals surface area contributed by atoms with Gasteiger partial charge in [-0.05, 0) is 68.9 Å². The van der Waals surface area contributed by atoms with Gasteiger partial charge in [-0.2, -0.15) is 0 Å². The maximum Gasteiger partial charge on any atom is 0.226 e. The summed E-state index contributed by atoms with van der Waals surface area (Å²) in [5.41, 5.74) is 4.42. The number of hydrogen-bond acceptors (Lipinski definition) is 8. The minimum absolute atomic E-state index is 0.00739. The number of aryl methyl sites for hydroxylation is 1. The number of ether oxygens (including phenoxy) is 2. The molecule has 0 radical (unpaired) electrons. The Labute approximate surface area is 214 Å². The molecule has 3 aliphatic rings. The van der Waals surface area contributed by atoms with Gasteiger partial charge in [-0.15, -0.1) is 11.3 Å². The third-order valence-electron chi connectivity index (χ3n) is 7.21. The molecule has 0 unspecified atom stereocenters. The first-order valence-electron chi connectivity index (χ1n) is 12.8. The number of morpholine rings is 1. The van der Waals surface area contributed by atoms with Gasteiger partial charge in [0, 0.05) is 30.1 Å². The van der Waals surface area contributed by atoms with E-state index in [9.17, 15) is 4.79 Å². The Hall–Kier alpha value is -3.04. The molecule has 8 nitrogen and oxygen atoms in total. The quantitative estimate of drug-likeness (QED) is 0.549. The molecule has 188 valence electrons. The minimum atomic E-state index is 0.00739. The van der Waals surface area contributed by atoms with Crippen LogP contribution in [0.25, 0.3) is 10.2 Å². The first-order valence-corrected chi connectivity index (χ1v) is 13.6. The van der Waals surface area contributed by atoms with Crippen molar-refractivity contribution in [2.75, 3.05) is 25.0 Å². The lowest BCUT2D eigenvalue weighted by molar-refractivity contribution is -0.147. The maximum atomic E-state index is 13.4. The summed E-state index contributed by atoms with van der Waals surface area (Å²) in [6.45, 7) is 8.68. The molecular formula is C27H31N5O3S. The van der Waals surface area contributed by atoms with Gasteiger partial charge in [-0.25, -0.2) is 9.97 Å². The number of thiophene rings is 1. The van der Waals surface area contributed by atoms with E-state index in [1.165, 1.54) is 16.0 Å². The monoisotopic (exact) mass is 505 g/mol. The van der Waals surface area contributed by atoms with Crippen molar-refractivity contribution in [3.05, 3.63) is 40.0 Å². The number of carbonyl (C=O) groups excluding carboxylic acids is 1. The third kappa shape index (κ3) is 4.24. The average Bonchev–Trinajstić information content (AvgIpc) is 3.47. The van der Waals surface area contributed by atoms with Crippen molar-refractivity contribution < 1.29 is 14.3 Å². The van der Waals surface area contributed by atoms with E-state index in [2.05, 4.69) is 32.4 Å². The Balaban J connectivity index is 1.29. The summed E-state index contributed by atoms with van der Waals surface area (Å²) in [6, 6.07) is 4.15. The van der Waals surface area contributed by atoms with Crippen LogP contribution in [0.1, 0.15) is 48.8 Å². The second-order valence-corrected chi connectivity index (χ2v) is 11.0. The van der Waals surface area contributed by atoms with Crippen molar-refractivity contribution in [2.45, 2.75) is 58.8 Å². The zero-order valence-electron chi connectivity index (χ0n) is 20.9. The molecule has 3 aromatic rings. The summed E-state index contributed by atoms with van der Waals surface area (Å²) in [5.74, 6) is 1.85. The minimum Gasteiger partial charge on any atom is -0.492 e. The molecule has 3 atom stereocenters. The van der Waals surface area contributed by atoms with Crippen LogP contribution in [0.4, 0.5) is 11.5 Å². The summed E-state index contributed by atoms with van der Waals surface area (Å²) in [4.78, 5) is 31.2. The molecule has 1 aromatic carbocycles. The number of carbonyl (C=O) groups is 1. The van der Waals surface area contributed by atoms with Crippen LogP contribution < -0.4 is 10.1 Å². The molecule has 1 aliphatic carbocycles. The highest BCUT2D eigenvalue weighted by Crippen LogP contribution is 2.42. The summed E-state index contributed by atoms with van der Waals surface area (Å²) in [5, 5.41) is 4.61. The van der Waals surface area contributed by atoms with Crippen molar-refractivity contribution in [3.8, 4) is 5.75 Å². The van der Waals surface area contributed by atoms with Gasteiger partial charge in [0.25, 0.3) is 0 Å². The molecule has 36 heavy (non-hydrogen) atoms. The zero-order chi connectivity index (χ0) is 24.8. The van der Waals surface area contributed by atoms with Crippen molar-refractivity contribution in [1.29, 1.82) is 0 Å². The zero-order valence-corrected chi connectivity index (χ0v) is 21.7. The van der Waals surface area contributed by atoms with E-state index in [0.29, 0.717) is 26.2 Å². The number of rotatable bonds is 5. The highest BCUT2D eigenvalue weighted by molar-refractivity contribution is 7.19. The summed E-state index contributed by atoms with van der Waals surface area (Å²) in [7, 11) is 0. The van der Waals surface area contributed by atoms with E-state index in [4.69, 9.17) is 9.47 Å². The molecule has 1 fully saturated rings. The molecule has 6 rings (SSSR count). The first-order chi connectivity index (χ1) is 17.5. The number of nitrogens with zero attached hydrogens (tertiary/aromatic N) is 4. The molecule has 0 bridgehead atoms. The Morgan fingerprint density at radius 2 is 2.08 bits per heavy atom. The van der Waals surface area contributed by atoms with Gasteiger partial charge in [-0.1, -0.05) is 0 Å². The number of aromatic nitrogens is 2. The van der Waals surface area contributed by atoms with Crippen LogP contribution in [0.3, 0.4) is 0 Å². The Kier molecular flexibility index (Phi) is 6.13. The topological polar surface area (TPSA) is 88.9 Å². The molecule has 4 heterocycles. The number of anilines is 2. The van der Waals surface area contributed by atoms with E-state index in [0.717, 1.165) is 52.3 Å². The van der Waals surface area contributed by atoms with Crippen molar-refractivity contribution >= 4 is 45.2 Å². The van der Waals surface area contributed by atoms with Crippen LogP contribution in [-0.2, 0) is 28.9 Å². The number of nitrogens with one attached hydrogen (secondary N) is 1. The molecule has 0 spiro atoms. The SMILES string of the molecule is CCOc1cc2c(cc1Nc1ncnc3sc4c(c13)CC[C@H](C(=O)N1C[C@@H](C)O[C@@H](C)C1)C4)C=NC2. The number of amides is 1. The van der Waals surface area contributed by atoms with Crippen LogP contribution in [0.5, 0.6) is 5.75 Å². The molecule has 9 heteroatoms. The molecule has 0 saturated carbocycles. The number of aliphatic imine (C=N–C) groups is 1. The lowest BCUT2D eigenvalue weighted by Gasteiger charge is -2.37. The summed E-state index contributed by atoms with van der Waals surface area (Å²) in [6.07, 6.45) is 6.12. The Bertz CT molecular complexity index is 1340. The molecule has 1 saturated heterocycles. The second kappa shape index (κ2) is 9.44. The fraction of sp³-hybridized carbons (Fsp3) is 0.481. The fourth-order valence-corrected chi connectivity index (χ4v) is 6.94. The molecule has 2 aliphatic heterocycles. The van der Waals surface area contributed by atoms with E-state index in [1.807, 2.05) is 31.9 Å². The largest absolute Gasteiger partial charge is 0.492 e. The molecule has 1 N–H and O–H groups in total. The number of hydrogen-bond donors (Lipinski definition) is 1. The van der Waals surface area contributed by atoms with Crippen molar-refractivity contribution in [1.82, 2.24) is 14.9 Å². The van der Waals surface area contributed by atoms with Crippen LogP contribution in [0, 0.1) is 5.92 Å². The van der Waals surface area contributed by atoms with Gasteiger partial charge < -0.3 is 19.7 Å². The van der Waals surface area contributed by atoms with Gasteiger partial charge in [0.15, 0.2) is 0 Å². The van der Waals surface area contributed by atoms with Crippen molar-refractivity contribution in [2.24, 2.45) is 10.9 Å². The molecular weight excluding hydrogens is 474 g/mol. The summed E-state index contributed by atoms with van der Waals surface area (Å²) < 4.78 is 11.8. The van der Waals surface area contributed by atoms with Gasteiger partial charge in [-0.3, -0.25) is 9.79 Å². The van der Waals surface area contributed by atoms with Gasteiger partial charge in [0.05, 0.1) is 36.4 Å². The van der Waals surface area contributed by atoms with E-state index in [-0.39, 0.29) is 24.0 Å². The van der Waals surface area contributed by atoms with E-state index >= 15 is 0 Å². The smallest absolute Gasteiger partial charge is 0.226 e. The maximum absolute atomic E-state index is 13.4. The van der Waals surface area contributed by atoms with E-state index in [1.54, 1.807) is 17.7 Å². The van der Waals surface area contributed by atoms with Gasteiger partial charge >= 0.3 is 0 Å².